The first-order valence-corrected chi connectivity index (χ1v) is 5.16. The molecule has 0 saturated heterocycles. The number of rotatable bonds is 4. The lowest BCUT2D eigenvalue weighted by Gasteiger charge is -2.10. The Morgan fingerprint density at radius 1 is 1.50 bits per heavy atom. The summed E-state index contributed by atoms with van der Waals surface area (Å²) < 4.78 is 13.8. The van der Waals surface area contributed by atoms with Crippen molar-refractivity contribution in [3.63, 3.8) is 0 Å². The van der Waals surface area contributed by atoms with Crippen molar-refractivity contribution < 1.29 is 19.1 Å². The third-order valence-corrected chi connectivity index (χ3v) is 2.48. The maximum absolute atomic E-state index is 13.3. The van der Waals surface area contributed by atoms with E-state index in [0.717, 1.165) is 6.07 Å². The van der Waals surface area contributed by atoms with Crippen molar-refractivity contribution in [2.24, 2.45) is 0 Å². The molecule has 16 heavy (non-hydrogen) atoms. The second kappa shape index (κ2) is 5.18. The lowest BCUT2D eigenvalue weighted by atomic mass is 10.0. The number of ketones is 1. The Balaban J connectivity index is 3.12. The first kappa shape index (κ1) is 12.8. The molecular formula is C10H9BrFNO3. The summed E-state index contributed by atoms with van der Waals surface area (Å²) >= 11 is 3.09. The molecule has 0 radical (unpaired) electrons. The highest BCUT2D eigenvalue weighted by atomic mass is 79.9. The van der Waals surface area contributed by atoms with Crippen LogP contribution in [0.2, 0.25) is 0 Å². The molecule has 0 spiro atoms. The molecule has 1 aromatic carbocycles. The molecule has 86 valence electrons. The van der Waals surface area contributed by atoms with Gasteiger partial charge in [0.2, 0.25) is 0 Å². The van der Waals surface area contributed by atoms with E-state index in [1.165, 1.54) is 19.2 Å². The number of halogens is 2. The van der Waals surface area contributed by atoms with Crippen LogP contribution < -0.4 is 5.32 Å². The fourth-order valence-corrected chi connectivity index (χ4v) is 1.57. The Bertz CT molecular complexity index is 436. The molecule has 1 aromatic rings. The molecule has 0 saturated carbocycles. The average Bonchev–Trinajstić information content (AvgIpc) is 2.22. The van der Waals surface area contributed by atoms with E-state index in [4.69, 9.17) is 5.11 Å². The van der Waals surface area contributed by atoms with Crippen LogP contribution in [-0.4, -0.2) is 29.9 Å². The molecule has 0 aliphatic carbocycles. The standard InChI is InChI=1S/C10H9BrFNO3/c1-13-8(10(15)16)9(14)6-4-5(11)2-3-7(6)12/h2-4,8,13H,1H3,(H,15,16). The Hall–Kier alpha value is -1.27. The summed E-state index contributed by atoms with van der Waals surface area (Å²) in [4.78, 5) is 22.4. The van der Waals surface area contributed by atoms with E-state index in [1.807, 2.05) is 0 Å². The quantitative estimate of drug-likeness (QED) is 0.650. The van der Waals surface area contributed by atoms with Crippen molar-refractivity contribution in [1.29, 1.82) is 0 Å². The predicted molar refractivity (Wildman–Crippen MR) is 58.9 cm³/mol. The van der Waals surface area contributed by atoms with Gasteiger partial charge >= 0.3 is 5.97 Å². The van der Waals surface area contributed by atoms with E-state index < -0.39 is 23.6 Å². The SMILES string of the molecule is CNC(C(=O)O)C(=O)c1cc(Br)ccc1F. The van der Waals surface area contributed by atoms with Gasteiger partial charge < -0.3 is 10.4 Å². The minimum absolute atomic E-state index is 0.254. The summed E-state index contributed by atoms with van der Waals surface area (Å²) in [5, 5.41) is 11.1. The lowest BCUT2D eigenvalue weighted by Crippen LogP contribution is -2.41. The smallest absolute Gasteiger partial charge is 0.328 e. The summed E-state index contributed by atoms with van der Waals surface area (Å²) in [7, 11) is 1.33. The second-order valence-corrected chi connectivity index (χ2v) is 3.96. The number of aliphatic carboxylic acids is 1. The van der Waals surface area contributed by atoms with Gasteiger partial charge in [0.1, 0.15) is 5.82 Å². The van der Waals surface area contributed by atoms with Crippen molar-refractivity contribution in [2.45, 2.75) is 6.04 Å². The number of carbonyl (C=O) groups excluding carboxylic acids is 1. The highest BCUT2D eigenvalue weighted by Crippen LogP contribution is 2.17. The molecular weight excluding hydrogens is 281 g/mol. The zero-order valence-corrected chi connectivity index (χ0v) is 9.92. The van der Waals surface area contributed by atoms with Crippen LogP contribution in [0.3, 0.4) is 0 Å². The molecule has 0 bridgehead atoms. The van der Waals surface area contributed by atoms with E-state index in [9.17, 15) is 14.0 Å². The van der Waals surface area contributed by atoms with Crippen LogP contribution in [-0.2, 0) is 4.79 Å². The molecule has 6 heteroatoms. The second-order valence-electron chi connectivity index (χ2n) is 3.05. The van der Waals surface area contributed by atoms with Crippen LogP contribution in [0.15, 0.2) is 22.7 Å². The number of benzene rings is 1. The monoisotopic (exact) mass is 289 g/mol. The van der Waals surface area contributed by atoms with Crippen molar-refractivity contribution >= 4 is 27.7 Å². The van der Waals surface area contributed by atoms with Gasteiger partial charge in [-0.25, -0.2) is 4.39 Å². The molecule has 0 heterocycles. The number of carboxylic acids is 1. The van der Waals surface area contributed by atoms with Gasteiger partial charge in [0.25, 0.3) is 0 Å². The Labute approximate surface area is 99.6 Å². The Morgan fingerprint density at radius 3 is 2.62 bits per heavy atom. The number of hydrogen-bond acceptors (Lipinski definition) is 3. The third kappa shape index (κ3) is 2.65. The van der Waals surface area contributed by atoms with E-state index >= 15 is 0 Å². The summed E-state index contributed by atoms with van der Waals surface area (Å²) in [5.74, 6) is -2.89. The zero-order valence-electron chi connectivity index (χ0n) is 8.33. The number of nitrogens with one attached hydrogen (secondary N) is 1. The molecule has 0 aliphatic heterocycles. The fraction of sp³-hybridized carbons (Fsp3) is 0.200. The molecule has 0 aliphatic rings. The topological polar surface area (TPSA) is 66.4 Å². The van der Waals surface area contributed by atoms with Crippen LogP contribution in [0, 0.1) is 5.82 Å². The highest BCUT2D eigenvalue weighted by Gasteiger charge is 2.27. The van der Waals surface area contributed by atoms with Gasteiger partial charge in [-0.2, -0.15) is 0 Å². The molecule has 4 nitrogen and oxygen atoms in total. The normalized spacial score (nSPS) is 12.2. The lowest BCUT2D eigenvalue weighted by molar-refractivity contribution is -0.137. The summed E-state index contributed by atoms with van der Waals surface area (Å²) in [6.45, 7) is 0. The molecule has 0 fully saturated rings. The summed E-state index contributed by atoms with van der Waals surface area (Å²) in [6, 6.07) is 2.35. The fourth-order valence-electron chi connectivity index (χ4n) is 1.21. The van der Waals surface area contributed by atoms with Gasteiger partial charge in [-0.05, 0) is 25.2 Å². The number of likely N-dealkylation sites (N-methyl/N-ethyl adjacent to an activating group) is 1. The van der Waals surface area contributed by atoms with Gasteiger partial charge in [-0.15, -0.1) is 0 Å². The van der Waals surface area contributed by atoms with Crippen molar-refractivity contribution in [3.8, 4) is 0 Å². The number of carbonyl (C=O) groups is 2. The first-order valence-electron chi connectivity index (χ1n) is 4.36. The average molecular weight is 290 g/mol. The molecule has 0 amide bonds. The van der Waals surface area contributed by atoms with Crippen LogP contribution in [0.5, 0.6) is 0 Å². The highest BCUT2D eigenvalue weighted by molar-refractivity contribution is 9.10. The number of hydrogen-bond donors (Lipinski definition) is 2. The minimum Gasteiger partial charge on any atom is -0.480 e. The zero-order chi connectivity index (χ0) is 12.3. The van der Waals surface area contributed by atoms with E-state index in [-0.39, 0.29) is 5.56 Å². The van der Waals surface area contributed by atoms with Gasteiger partial charge in [-0.3, -0.25) is 9.59 Å². The predicted octanol–water partition coefficient (Wildman–Crippen LogP) is 1.44. The molecule has 1 unspecified atom stereocenters. The maximum atomic E-state index is 13.3. The molecule has 1 rings (SSSR count). The summed E-state index contributed by atoms with van der Waals surface area (Å²) in [5.41, 5.74) is -0.254. The molecule has 2 N–H and O–H groups in total. The van der Waals surface area contributed by atoms with Crippen LogP contribution in [0.25, 0.3) is 0 Å². The van der Waals surface area contributed by atoms with Gasteiger partial charge in [0, 0.05) is 4.47 Å². The Kier molecular flexibility index (Phi) is 4.14. The van der Waals surface area contributed by atoms with Gasteiger partial charge in [-0.1, -0.05) is 15.9 Å². The first-order chi connectivity index (χ1) is 7.47. The van der Waals surface area contributed by atoms with Crippen molar-refractivity contribution in [3.05, 3.63) is 34.1 Å². The Morgan fingerprint density at radius 2 is 2.12 bits per heavy atom. The van der Waals surface area contributed by atoms with Crippen molar-refractivity contribution in [1.82, 2.24) is 5.32 Å². The third-order valence-electron chi connectivity index (χ3n) is 1.99. The summed E-state index contributed by atoms with van der Waals surface area (Å²) in [6.07, 6.45) is 0. The maximum Gasteiger partial charge on any atom is 0.328 e. The van der Waals surface area contributed by atoms with E-state index in [1.54, 1.807) is 0 Å². The minimum atomic E-state index is -1.44. The van der Waals surface area contributed by atoms with Crippen LogP contribution in [0.4, 0.5) is 4.39 Å². The van der Waals surface area contributed by atoms with Gasteiger partial charge in [0.05, 0.1) is 5.56 Å². The molecule has 1 atom stereocenters. The van der Waals surface area contributed by atoms with E-state index in [0.29, 0.717) is 4.47 Å². The number of carboxylic acid groups (broad SMARTS) is 1. The molecule has 0 aromatic heterocycles. The largest absolute Gasteiger partial charge is 0.480 e. The van der Waals surface area contributed by atoms with Crippen LogP contribution in [0.1, 0.15) is 10.4 Å². The van der Waals surface area contributed by atoms with E-state index in [2.05, 4.69) is 21.2 Å². The number of Topliss-reactive ketones (excluding diaryl/α,β-unsaturated/α-hetero) is 1. The van der Waals surface area contributed by atoms with Gasteiger partial charge in [0.15, 0.2) is 11.8 Å². The van der Waals surface area contributed by atoms with Crippen molar-refractivity contribution in [2.75, 3.05) is 7.05 Å². The van der Waals surface area contributed by atoms with Crippen LogP contribution >= 0.6 is 15.9 Å².